The van der Waals surface area contributed by atoms with Crippen molar-refractivity contribution >= 4 is 47.8 Å². The van der Waals surface area contributed by atoms with E-state index in [4.69, 9.17) is 0 Å². The van der Waals surface area contributed by atoms with Gasteiger partial charge in [0.05, 0.1) is 25.2 Å². The van der Waals surface area contributed by atoms with E-state index >= 15 is 0 Å². The molecule has 0 fully saturated rings. The van der Waals surface area contributed by atoms with Gasteiger partial charge in [0.2, 0.25) is 0 Å². The number of aliphatic carboxylic acids is 2. The molecular formula is C24H40O8Sn. The van der Waals surface area contributed by atoms with Crippen LogP contribution in [-0.2, 0) is 28.7 Å². The van der Waals surface area contributed by atoms with E-state index in [0.717, 1.165) is 25.0 Å². The van der Waals surface area contributed by atoms with Crippen LogP contribution in [0, 0.1) is 25.7 Å². The van der Waals surface area contributed by atoms with E-state index in [0.29, 0.717) is 12.2 Å². The van der Waals surface area contributed by atoms with E-state index in [1.807, 2.05) is 27.7 Å². The van der Waals surface area contributed by atoms with Crippen molar-refractivity contribution in [1.82, 2.24) is 0 Å². The number of hydrogen-bond donors (Lipinski definition) is 0. The molecule has 0 bridgehead atoms. The Morgan fingerprint density at radius 1 is 0.697 bits per heavy atom. The topological polar surface area (TPSA) is 133 Å². The zero-order valence-electron chi connectivity index (χ0n) is 20.9. The summed E-state index contributed by atoms with van der Waals surface area (Å²) in [6.45, 7) is 19.6. The maximum atomic E-state index is 10.7. The Kier molecular flexibility index (Phi) is 40.6. The van der Waals surface area contributed by atoms with Gasteiger partial charge in [0.15, 0.2) is 0 Å². The monoisotopic (exact) mass is 576 g/mol. The number of hydrogen-bond acceptors (Lipinski definition) is 8. The van der Waals surface area contributed by atoms with Crippen LogP contribution in [0.2, 0.25) is 0 Å². The second-order valence-electron chi connectivity index (χ2n) is 7.06. The number of ether oxygens (including phenoxy) is 2. The van der Waals surface area contributed by atoms with Gasteiger partial charge in [-0.1, -0.05) is 81.1 Å². The van der Waals surface area contributed by atoms with Crippen LogP contribution in [-0.4, -0.2) is 61.0 Å². The number of carbonyl (C=O) groups is 4. The Morgan fingerprint density at radius 3 is 1.09 bits per heavy atom. The fourth-order valence-electron chi connectivity index (χ4n) is 0.866. The average Bonchev–Trinajstić information content (AvgIpc) is 2.73. The van der Waals surface area contributed by atoms with Gasteiger partial charge in [0.1, 0.15) is 0 Å². The molecule has 8 nitrogen and oxygen atoms in total. The van der Waals surface area contributed by atoms with E-state index in [2.05, 4.69) is 37.2 Å². The van der Waals surface area contributed by atoms with Gasteiger partial charge in [-0.05, 0) is 24.0 Å². The molecule has 0 unspecified atom stereocenters. The van der Waals surface area contributed by atoms with E-state index in [9.17, 15) is 29.4 Å². The first-order chi connectivity index (χ1) is 14.9. The van der Waals surface area contributed by atoms with E-state index in [-0.39, 0.29) is 49.0 Å². The molecule has 0 aliphatic heterocycles. The molecule has 0 aromatic carbocycles. The van der Waals surface area contributed by atoms with Crippen LogP contribution < -0.4 is 10.2 Å². The SMILES string of the molecule is CC(C)COC(=O)/C=C\C(=O)[O-].CC(C)COC(=O)/C=C\C(=O)[O-].[CH2]CCC.[CH2]CCC.[Sn+2]. The van der Waals surface area contributed by atoms with Gasteiger partial charge < -0.3 is 29.3 Å². The van der Waals surface area contributed by atoms with Gasteiger partial charge in [0.25, 0.3) is 0 Å². The molecule has 0 N–H and O–H groups in total. The minimum atomic E-state index is -1.41. The first kappa shape index (κ1) is 41.4. The molecule has 0 saturated heterocycles. The van der Waals surface area contributed by atoms with Crippen molar-refractivity contribution in [1.29, 1.82) is 0 Å². The van der Waals surface area contributed by atoms with Crippen LogP contribution in [0.25, 0.3) is 0 Å². The minimum Gasteiger partial charge on any atom is -0.545 e. The third-order valence-electron chi connectivity index (χ3n) is 2.54. The molecule has 0 saturated carbocycles. The summed E-state index contributed by atoms with van der Waals surface area (Å²) in [6, 6.07) is 0. The summed E-state index contributed by atoms with van der Waals surface area (Å²) < 4.78 is 9.27. The van der Waals surface area contributed by atoms with Gasteiger partial charge in [-0.3, -0.25) is 0 Å². The Labute approximate surface area is 216 Å². The Hall–Kier alpha value is -1.84. The first-order valence-corrected chi connectivity index (χ1v) is 10.6. The third-order valence-corrected chi connectivity index (χ3v) is 2.54. The van der Waals surface area contributed by atoms with Gasteiger partial charge in [-0.15, -0.1) is 0 Å². The van der Waals surface area contributed by atoms with Crippen molar-refractivity contribution < 1.29 is 38.9 Å². The van der Waals surface area contributed by atoms with E-state index in [1.165, 1.54) is 12.8 Å². The predicted molar refractivity (Wildman–Crippen MR) is 126 cm³/mol. The largest absolute Gasteiger partial charge is 2.00 e. The Bertz CT molecular complexity index is 489. The van der Waals surface area contributed by atoms with Crippen LogP contribution in [0.4, 0.5) is 0 Å². The number of rotatable bonds is 10. The summed E-state index contributed by atoms with van der Waals surface area (Å²) >= 11 is 0. The molecule has 0 aromatic rings. The fraction of sp³-hybridized carbons (Fsp3) is 0.583. The molecular weight excluding hydrogens is 535 g/mol. The van der Waals surface area contributed by atoms with Crippen molar-refractivity contribution in [3.63, 3.8) is 0 Å². The average molecular weight is 575 g/mol. The van der Waals surface area contributed by atoms with Crippen molar-refractivity contribution in [2.75, 3.05) is 13.2 Å². The molecule has 4 radical (unpaired) electrons. The molecule has 0 aliphatic carbocycles. The van der Waals surface area contributed by atoms with Crippen molar-refractivity contribution in [2.24, 2.45) is 11.8 Å². The Morgan fingerprint density at radius 2 is 0.939 bits per heavy atom. The van der Waals surface area contributed by atoms with Crippen LogP contribution in [0.15, 0.2) is 24.3 Å². The molecule has 0 rings (SSSR count). The second kappa shape index (κ2) is 32.3. The normalized spacial score (nSPS) is 9.52. The van der Waals surface area contributed by atoms with Crippen molar-refractivity contribution in [3.05, 3.63) is 38.2 Å². The van der Waals surface area contributed by atoms with Crippen LogP contribution >= 0.6 is 0 Å². The smallest absolute Gasteiger partial charge is 0.545 e. The number of carboxylic acids is 2. The van der Waals surface area contributed by atoms with Crippen LogP contribution in [0.1, 0.15) is 67.2 Å². The molecule has 0 heterocycles. The van der Waals surface area contributed by atoms with E-state index < -0.39 is 23.9 Å². The molecule has 0 amide bonds. The van der Waals surface area contributed by atoms with Gasteiger partial charge in [0, 0.05) is 12.2 Å². The summed E-state index contributed by atoms with van der Waals surface area (Å²) in [5, 5.41) is 19.7. The zero-order valence-corrected chi connectivity index (χ0v) is 23.7. The predicted octanol–water partition coefficient (Wildman–Crippen LogP) is 1.84. The minimum absolute atomic E-state index is 0. The van der Waals surface area contributed by atoms with Gasteiger partial charge in [-0.25, -0.2) is 9.59 Å². The number of esters is 2. The molecule has 0 atom stereocenters. The molecule has 0 aromatic heterocycles. The van der Waals surface area contributed by atoms with Crippen LogP contribution in [0.3, 0.4) is 0 Å². The summed E-state index contributed by atoms with van der Waals surface area (Å²) in [7, 11) is 0. The van der Waals surface area contributed by atoms with Crippen LogP contribution in [0.5, 0.6) is 0 Å². The molecule has 33 heavy (non-hydrogen) atoms. The quantitative estimate of drug-likeness (QED) is 0.219. The third kappa shape index (κ3) is 58.8. The maximum Gasteiger partial charge on any atom is 2.00 e. The molecule has 9 heteroatoms. The maximum absolute atomic E-state index is 10.7. The number of carboxylic acid groups (broad SMARTS) is 2. The summed E-state index contributed by atoms with van der Waals surface area (Å²) in [4.78, 5) is 41.0. The first-order valence-electron chi connectivity index (χ1n) is 10.6. The molecule has 0 aliphatic rings. The standard InChI is InChI=1S/2C8H12O4.2C4H9.Sn/c2*1-6(2)5-12-8(11)4-3-7(9)10;2*1-3-4-2;/h2*3-4,6H,5H2,1-2H3,(H,9,10);2*1,3-4H2,2H3;/q;;;;+2/p-2/b2*4-3-;;;. The number of carbonyl (C=O) groups excluding carboxylic acids is 4. The molecule has 0 spiro atoms. The molecule has 188 valence electrons. The summed E-state index contributed by atoms with van der Waals surface area (Å²) in [5.74, 6) is -3.65. The van der Waals surface area contributed by atoms with Crippen molar-refractivity contribution in [3.8, 4) is 0 Å². The summed E-state index contributed by atoms with van der Waals surface area (Å²) in [5.41, 5.74) is 0. The second-order valence-corrected chi connectivity index (χ2v) is 7.06. The van der Waals surface area contributed by atoms with Crippen molar-refractivity contribution in [2.45, 2.75) is 67.2 Å². The summed E-state index contributed by atoms with van der Waals surface area (Å²) in [6.07, 6.45) is 7.50. The van der Waals surface area contributed by atoms with Gasteiger partial charge >= 0.3 is 35.8 Å². The Balaban J connectivity index is -0.000000117. The zero-order chi connectivity index (χ0) is 25.9. The fourth-order valence-corrected chi connectivity index (χ4v) is 0.866. The van der Waals surface area contributed by atoms with E-state index in [1.54, 1.807) is 0 Å². The number of unbranched alkanes of at least 4 members (excludes halogenated alkanes) is 2. The van der Waals surface area contributed by atoms with Gasteiger partial charge in [-0.2, -0.15) is 0 Å².